The number of hydrogen-bond donors (Lipinski definition) is 3. The summed E-state index contributed by atoms with van der Waals surface area (Å²) in [6.45, 7) is 1.78. The van der Waals surface area contributed by atoms with Gasteiger partial charge in [-0.05, 0) is 49.0 Å². The lowest BCUT2D eigenvalue weighted by molar-refractivity contribution is -0.113. The second-order valence-electron chi connectivity index (χ2n) is 6.24. The van der Waals surface area contributed by atoms with Crippen LogP contribution in [0.4, 0.5) is 5.69 Å². The van der Waals surface area contributed by atoms with E-state index in [0.29, 0.717) is 33.6 Å². The molecule has 148 valence electrons. The fraction of sp³-hybridized carbons (Fsp3) is 0.190. The van der Waals surface area contributed by atoms with Crippen LogP contribution in [0.5, 0.6) is 11.5 Å². The van der Waals surface area contributed by atoms with E-state index < -0.39 is 6.04 Å². The van der Waals surface area contributed by atoms with Crippen molar-refractivity contribution in [2.45, 2.75) is 13.0 Å². The van der Waals surface area contributed by atoms with Crippen molar-refractivity contribution < 1.29 is 14.3 Å². The zero-order chi connectivity index (χ0) is 20.8. The van der Waals surface area contributed by atoms with Crippen molar-refractivity contribution >= 4 is 28.9 Å². The molecule has 1 aliphatic heterocycles. The molecule has 7 nitrogen and oxygen atoms in total. The van der Waals surface area contributed by atoms with E-state index in [0.717, 1.165) is 5.56 Å². The Labute approximate surface area is 174 Å². The molecule has 3 N–H and O–H groups in total. The number of anilines is 1. The Hall–Kier alpha value is -3.57. The van der Waals surface area contributed by atoms with Crippen molar-refractivity contribution in [2.75, 3.05) is 19.0 Å². The number of nitrogens with zero attached hydrogens (tertiary/aromatic N) is 1. The number of nitriles is 1. The van der Waals surface area contributed by atoms with E-state index in [4.69, 9.17) is 27.0 Å². The monoisotopic (exact) mass is 408 g/mol. The SMILES string of the molecule is COc1ccccc1NC(=O)C1=C(C)NC(=S)N[C@@H]1c1ccc(OCC#N)cc1. The molecule has 2 aromatic rings. The van der Waals surface area contributed by atoms with Gasteiger partial charge in [-0.25, -0.2) is 0 Å². The van der Waals surface area contributed by atoms with Crippen molar-refractivity contribution in [3.05, 3.63) is 65.4 Å². The molecule has 0 spiro atoms. The highest BCUT2D eigenvalue weighted by Crippen LogP contribution is 2.30. The molecule has 29 heavy (non-hydrogen) atoms. The lowest BCUT2D eigenvalue weighted by Gasteiger charge is -2.30. The lowest BCUT2D eigenvalue weighted by Crippen LogP contribution is -2.45. The first-order valence-electron chi connectivity index (χ1n) is 8.86. The van der Waals surface area contributed by atoms with Gasteiger partial charge in [0.25, 0.3) is 5.91 Å². The maximum atomic E-state index is 13.1. The van der Waals surface area contributed by atoms with Gasteiger partial charge in [0, 0.05) is 5.70 Å². The fourth-order valence-electron chi connectivity index (χ4n) is 3.05. The molecular weight excluding hydrogens is 388 g/mol. The van der Waals surface area contributed by atoms with Crippen molar-refractivity contribution in [3.63, 3.8) is 0 Å². The smallest absolute Gasteiger partial charge is 0.255 e. The summed E-state index contributed by atoms with van der Waals surface area (Å²) < 4.78 is 10.6. The first-order chi connectivity index (χ1) is 14.0. The van der Waals surface area contributed by atoms with Crippen LogP contribution in [0, 0.1) is 11.3 Å². The Morgan fingerprint density at radius 3 is 2.66 bits per heavy atom. The highest BCUT2D eigenvalue weighted by atomic mass is 32.1. The molecule has 3 rings (SSSR count). The van der Waals surface area contributed by atoms with E-state index in [9.17, 15) is 4.79 Å². The predicted octanol–water partition coefficient (Wildman–Crippen LogP) is 3.03. The minimum atomic E-state index is -0.441. The Balaban J connectivity index is 1.89. The van der Waals surface area contributed by atoms with Gasteiger partial charge in [0.15, 0.2) is 11.7 Å². The van der Waals surface area contributed by atoms with Crippen molar-refractivity contribution in [1.29, 1.82) is 5.26 Å². The fourth-order valence-corrected chi connectivity index (χ4v) is 3.33. The molecule has 0 saturated heterocycles. The largest absolute Gasteiger partial charge is 0.495 e. The van der Waals surface area contributed by atoms with Crippen molar-refractivity contribution in [1.82, 2.24) is 10.6 Å². The van der Waals surface area contributed by atoms with Gasteiger partial charge in [0.05, 0.1) is 24.4 Å². The molecule has 0 aliphatic carbocycles. The normalized spacial score (nSPS) is 15.6. The number of rotatable bonds is 6. The molecule has 1 aliphatic rings. The number of ether oxygens (including phenoxy) is 2. The molecule has 1 amide bonds. The number of carbonyl (C=O) groups excluding carboxylic acids is 1. The summed E-state index contributed by atoms with van der Waals surface area (Å²) in [6.07, 6.45) is 0. The number of carbonyl (C=O) groups is 1. The molecule has 0 unspecified atom stereocenters. The number of benzene rings is 2. The van der Waals surface area contributed by atoms with Gasteiger partial charge in [-0.1, -0.05) is 24.3 Å². The summed E-state index contributed by atoms with van der Waals surface area (Å²) in [5.74, 6) is 0.874. The van der Waals surface area contributed by atoms with Crippen molar-refractivity contribution in [2.24, 2.45) is 0 Å². The van der Waals surface area contributed by atoms with Crippen LogP contribution >= 0.6 is 12.2 Å². The van der Waals surface area contributed by atoms with Gasteiger partial charge < -0.3 is 25.4 Å². The van der Waals surface area contributed by atoms with Crippen LogP contribution in [-0.4, -0.2) is 24.7 Å². The maximum absolute atomic E-state index is 13.1. The second-order valence-corrected chi connectivity index (χ2v) is 6.65. The average Bonchev–Trinajstić information content (AvgIpc) is 2.72. The third-order valence-electron chi connectivity index (χ3n) is 4.39. The molecular formula is C21H20N4O3S. The van der Waals surface area contributed by atoms with Crippen LogP contribution in [0.2, 0.25) is 0 Å². The third kappa shape index (κ3) is 4.65. The zero-order valence-electron chi connectivity index (χ0n) is 16.0. The van der Waals surface area contributed by atoms with Gasteiger partial charge in [0.2, 0.25) is 0 Å². The van der Waals surface area contributed by atoms with Gasteiger partial charge in [-0.2, -0.15) is 5.26 Å². The Bertz CT molecular complexity index is 996. The summed E-state index contributed by atoms with van der Waals surface area (Å²) in [5, 5.41) is 18.1. The number of methoxy groups -OCH3 is 1. The van der Waals surface area contributed by atoms with E-state index in [1.165, 1.54) is 0 Å². The number of thiocarbonyl (C=S) groups is 1. The summed E-state index contributed by atoms with van der Waals surface area (Å²) in [6, 6.07) is 15.9. The summed E-state index contributed by atoms with van der Waals surface area (Å²) in [5.41, 5.74) is 2.58. The number of amides is 1. The molecule has 1 heterocycles. The molecule has 2 aromatic carbocycles. The highest BCUT2D eigenvalue weighted by Gasteiger charge is 2.30. The molecule has 0 fully saturated rings. The molecule has 8 heteroatoms. The Morgan fingerprint density at radius 1 is 1.24 bits per heavy atom. The molecule has 0 aromatic heterocycles. The van der Waals surface area contributed by atoms with E-state index >= 15 is 0 Å². The first kappa shape index (κ1) is 20.2. The quantitative estimate of drug-likeness (QED) is 0.633. The number of nitrogens with one attached hydrogen (secondary N) is 3. The lowest BCUT2D eigenvalue weighted by atomic mass is 9.95. The van der Waals surface area contributed by atoms with E-state index in [-0.39, 0.29) is 12.5 Å². The van der Waals surface area contributed by atoms with Crippen LogP contribution in [0.3, 0.4) is 0 Å². The minimum Gasteiger partial charge on any atom is -0.495 e. The zero-order valence-corrected chi connectivity index (χ0v) is 16.8. The average molecular weight is 408 g/mol. The Morgan fingerprint density at radius 2 is 1.97 bits per heavy atom. The van der Waals surface area contributed by atoms with Gasteiger partial charge in [-0.15, -0.1) is 0 Å². The number of hydrogen-bond acceptors (Lipinski definition) is 5. The van der Waals surface area contributed by atoms with Crippen LogP contribution in [0.15, 0.2) is 59.8 Å². The standard InChI is InChI=1S/C21H20N4O3S/c1-13-18(20(26)24-16-5-3-4-6-17(16)27-2)19(25-21(29)23-13)14-7-9-15(10-8-14)28-12-11-22/h3-10,19H,12H2,1-2H3,(H,24,26)(H2,23,25,29)/t19-/m1/s1. The summed E-state index contributed by atoms with van der Waals surface area (Å²) >= 11 is 5.28. The summed E-state index contributed by atoms with van der Waals surface area (Å²) in [4.78, 5) is 13.1. The van der Waals surface area contributed by atoms with Crippen molar-refractivity contribution in [3.8, 4) is 17.6 Å². The van der Waals surface area contributed by atoms with Crippen LogP contribution in [-0.2, 0) is 4.79 Å². The highest BCUT2D eigenvalue weighted by molar-refractivity contribution is 7.80. The van der Waals surface area contributed by atoms with Gasteiger partial charge in [-0.3, -0.25) is 4.79 Å². The molecule has 0 radical (unpaired) electrons. The number of allylic oxidation sites excluding steroid dienone is 1. The second kappa shape index (κ2) is 9.08. The Kier molecular flexibility index (Phi) is 6.32. The molecule has 0 saturated carbocycles. The van der Waals surface area contributed by atoms with E-state index in [1.807, 2.05) is 37.3 Å². The summed E-state index contributed by atoms with van der Waals surface area (Å²) in [7, 11) is 1.55. The molecule has 0 bridgehead atoms. The maximum Gasteiger partial charge on any atom is 0.255 e. The van der Waals surface area contributed by atoms with Gasteiger partial charge in [0.1, 0.15) is 17.6 Å². The first-order valence-corrected chi connectivity index (χ1v) is 9.26. The van der Waals surface area contributed by atoms with Crippen LogP contribution in [0.25, 0.3) is 0 Å². The van der Waals surface area contributed by atoms with Gasteiger partial charge >= 0.3 is 0 Å². The minimum absolute atomic E-state index is 0.0272. The van der Waals surface area contributed by atoms with Crippen LogP contribution < -0.4 is 25.4 Å². The predicted molar refractivity (Wildman–Crippen MR) is 113 cm³/mol. The molecule has 1 atom stereocenters. The topological polar surface area (TPSA) is 95.4 Å². The van der Waals surface area contributed by atoms with Crippen LogP contribution in [0.1, 0.15) is 18.5 Å². The van der Waals surface area contributed by atoms with E-state index in [2.05, 4.69) is 16.0 Å². The van der Waals surface area contributed by atoms with E-state index in [1.54, 1.807) is 31.4 Å². The third-order valence-corrected chi connectivity index (χ3v) is 4.61. The number of para-hydroxylation sites is 2.